The lowest BCUT2D eigenvalue weighted by molar-refractivity contribution is 0.146. The first-order valence-corrected chi connectivity index (χ1v) is 6.90. The third kappa shape index (κ3) is 2.81. The summed E-state index contributed by atoms with van der Waals surface area (Å²) in [4.78, 5) is 6.05. The topological polar surface area (TPSA) is 34.1 Å². The van der Waals surface area contributed by atoms with Gasteiger partial charge in [-0.25, -0.2) is 4.98 Å². The predicted molar refractivity (Wildman–Crippen MR) is 67.0 cm³/mol. The summed E-state index contributed by atoms with van der Waals surface area (Å²) < 4.78 is 5.34. The maximum Gasteiger partial charge on any atom is 0.0900 e. The van der Waals surface area contributed by atoms with E-state index in [4.69, 9.17) is 4.74 Å². The summed E-state index contributed by atoms with van der Waals surface area (Å²) in [6.07, 6.45) is 3.65. The smallest absolute Gasteiger partial charge is 0.0900 e. The van der Waals surface area contributed by atoms with Crippen LogP contribution in [0.3, 0.4) is 0 Å². The SMILES string of the molecule is CCOCCNC1CCCc2nc(C)sc21. The lowest BCUT2D eigenvalue weighted by Gasteiger charge is -2.22. The maximum absolute atomic E-state index is 5.34. The quantitative estimate of drug-likeness (QED) is 0.803. The molecule has 1 aromatic heterocycles. The summed E-state index contributed by atoms with van der Waals surface area (Å²) in [5, 5.41) is 4.77. The molecule has 3 nitrogen and oxygen atoms in total. The largest absolute Gasteiger partial charge is 0.380 e. The Hall–Kier alpha value is -0.450. The predicted octanol–water partition coefficient (Wildman–Crippen LogP) is 2.46. The van der Waals surface area contributed by atoms with Crippen LogP contribution in [0.2, 0.25) is 0 Å². The van der Waals surface area contributed by atoms with Crippen LogP contribution in [-0.4, -0.2) is 24.7 Å². The number of hydrogen-bond acceptors (Lipinski definition) is 4. The van der Waals surface area contributed by atoms with E-state index in [-0.39, 0.29) is 0 Å². The molecular weight excluding hydrogens is 220 g/mol. The molecule has 0 amide bonds. The van der Waals surface area contributed by atoms with Crippen molar-refractivity contribution in [3.63, 3.8) is 0 Å². The summed E-state index contributed by atoms with van der Waals surface area (Å²) in [6.45, 7) is 6.68. The number of aryl methyl sites for hydroxylation is 2. The highest BCUT2D eigenvalue weighted by molar-refractivity contribution is 7.11. The number of aromatic nitrogens is 1. The first-order chi connectivity index (χ1) is 7.81. The molecule has 4 heteroatoms. The molecule has 1 N–H and O–H groups in total. The Morgan fingerprint density at radius 1 is 1.56 bits per heavy atom. The van der Waals surface area contributed by atoms with Gasteiger partial charge in [0.2, 0.25) is 0 Å². The maximum atomic E-state index is 5.34. The Bertz CT molecular complexity index is 338. The van der Waals surface area contributed by atoms with Crippen molar-refractivity contribution in [3.05, 3.63) is 15.6 Å². The van der Waals surface area contributed by atoms with Crippen molar-refractivity contribution in [1.29, 1.82) is 0 Å². The van der Waals surface area contributed by atoms with Crippen LogP contribution in [0.4, 0.5) is 0 Å². The van der Waals surface area contributed by atoms with Gasteiger partial charge >= 0.3 is 0 Å². The van der Waals surface area contributed by atoms with Crippen LogP contribution in [0.25, 0.3) is 0 Å². The van der Waals surface area contributed by atoms with Crippen LogP contribution >= 0.6 is 11.3 Å². The second-order valence-electron chi connectivity index (χ2n) is 4.14. The highest BCUT2D eigenvalue weighted by atomic mass is 32.1. The molecule has 1 heterocycles. The van der Waals surface area contributed by atoms with Crippen molar-refractivity contribution >= 4 is 11.3 Å². The molecule has 1 aromatic rings. The Labute approximate surface area is 101 Å². The van der Waals surface area contributed by atoms with E-state index in [9.17, 15) is 0 Å². The molecule has 0 saturated carbocycles. The highest BCUT2D eigenvalue weighted by Gasteiger charge is 2.22. The monoisotopic (exact) mass is 240 g/mol. The molecule has 1 atom stereocenters. The summed E-state index contributed by atoms with van der Waals surface area (Å²) in [7, 11) is 0. The fraction of sp³-hybridized carbons (Fsp3) is 0.750. The van der Waals surface area contributed by atoms with Crippen molar-refractivity contribution in [2.45, 2.75) is 39.2 Å². The van der Waals surface area contributed by atoms with Gasteiger partial charge in [0.1, 0.15) is 0 Å². The van der Waals surface area contributed by atoms with Crippen LogP contribution in [0.1, 0.15) is 41.4 Å². The van der Waals surface area contributed by atoms with Gasteiger partial charge in [-0.1, -0.05) is 0 Å². The number of rotatable bonds is 5. The summed E-state index contributed by atoms with van der Waals surface area (Å²) in [5.74, 6) is 0. The fourth-order valence-electron chi connectivity index (χ4n) is 2.19. The van der Waals surface area contributed by atoms with Gasteiger partial charge in [0.25, 0.3) is 0 Å². The Balaban J connectivity index is 1.91. The zero-order chi connectivity index (χ0) is 11.4. The lowest BCUT2D eigenvalue weighted by atomic mass is 9.98. The van der Waals surface area contributed by atoms with Gasteiger partial charge in [0.15, 0.2) is 0 Å². The molecule has 90 valence electrons. The first-order valence-electron chi connectivity index (χ1n) is 6.08. The molecule has 1 unspecified atom stereocenters. The Morgan fingerprint density at radius 3 is 3.25 bits per heavy atom. The van der Waals surface area contributed by atoms with E-state index in [0.717, 1.165) is 26.2 Å². The van der Waals surface area contributed by atoms with Crippen molar-refractivity contribution in [1.82, 2.24) is 10.3 Å². The standard InChI is InChI=1S/C12H20N2OS/c1-3-15-8-7-13-10-5-4-6-11-12(10)16-9(2)14-11/h10,13H,3-8H2,1-2H3. The van der Waals surface area contributed by atoms with Gasteiger partial charge in [-0.3, -0.25) is 0 Å². The van der Waals surface area contributed by atoms with E-state index in [1.165, 1.54) is 28.4 Å². The highest BCUT2D eigenvalue weighted by Crippen LogP contribution is 2.33. The van der Waals surface area contributed by atoms with Crippen molar-refractivity contribution in [3.8, 4) is 0 Å². The fourth-order valence-corrected chi connectivity index (χ4v) is 3.27. The molecular formula is C12H20N2OS. The minimum absolute atomic E-state index is 0.510. The average Bonchev–Trinajstić information content (AvgIpc) is 2.65. The molecule has 0 bridgehead atoms. The lowest BCUT2D eigenvalue weighted by Crippen LogP contribution is -2.27. The second kappa shape index (κ2) is 5.75. The van der Waals surface area contributed by atoms with Gasteiger partial charge in [0, 0.05) is 24.1 Å². The molecule has 0 saturated heterocycles. The van der Waals surface area contributed by atoms with Crippen molar-refractivity contribution < 1.29 is 4.74 Å². The van der Waals surface area contributed by atoms with Crippen LogP contribution in [-0.2, 0) is 11.2 Å². The Kier molecular flexibility index (Phi) is 4.32. The molecule has 2 rings (SSSR count). The van der Waals surface area contributed by atoms with Crippen molar-refractivity contribution in [2.75, 3.05) is 19.8 Å². The molecule has 0 radical (unpaired) electrons. The van der Waals surface area contributed by atoms with Crippen molar-refractivity contribution in [2.24, 2.45) is 0 Å². The molecule has 1 aliphatic carbocycles. The average molecular weight is 240 g/mol. The van der Waals surface area contributed by atoms with Gasteiger partial charge in [-0.05, 0) is 33.1 Å². The van der Waals surface area contributed by atoms with E-state index in [0.29, 0.717) is 6.04 Å². The number of thiazole rings is 1. The number of ether oxygens (including phenoxy) is 1. The minimum Gasteiger partial charge on any atom is -0.380 e. The summed E-state index contributed by atoms with van der Waals surface area (Å²) in [5.41, 5.74) is 1.32. The van der Waals surface area contributed by atoms with Gasteiger partial charge in [0.05, 0.1) is 17.3 Å². The molecule has 0 aliphatic heterocycles. The molecule has 0 spiro atoms. The summed E-state index contributed by atoms with van der Waals surface area (Å²) >= 11 is 1.85. The third-order valence-electron chi connectivity index (χ3n) is 2.90. The molecule has 16 heavy (non-hydrogen) atoms. The number of hydrogen-bond donors (Lipinski definition) is 1. The number of fused-ring (bicyclic) bond motifs is 1. The van der Waals surface area contributed by atoms with Crippen LogP contribution in [0.15, 0.2) is 0 Å². The Morgan fingerprint density at radius 2 is 2.44 bits per heavy atom. The van der Waals surface area contributed by atoms with E-state index in [1.807, 2.05) is 18.3 Å². The molecule has 0 fully saturated rings. The van der Waals surface area contributed by atoms with E-state index >= 15 is 0 Å². The second-order valence-corrected chi connectivity index (χ2v) is 5.37. The van der Waals surface area contributed by atoms with Crippen LogP contribution in [0, 0.1) is 6.92 Å². The molecule has 1 aliphatic rings. The van der Waals surface area contributed by atoms with Gasteiger partial charge < -0.3 is 10.1 Å². The third-order valence-corrected chi connectivity index (χ3v) is 4.03. The number of nitrogens with zero attached hydrogens (tertiary/aromatic N) is 1. The minimum atomic E-state index is 0.510. The number of nitrogens with one attached hydrogen (secondary N) is 1. The van der Waals surface area contributed by atoms with E-state index in [1.54, 1.807) is 0 Å². The normalized spacial score (nSPS) is 19.8. The van der Waals surface area contributed by atoms with Gasteiger partial charge in [-0.15, -0.1) is 11.3 Å². The summed E-state index contributed by atoms with van der Waals surface area (Å²) in [6, 6.07) is 0.510. The first kappa shape index (κ1) is 12.0. The zero-order valence-electron chi connectivity index (χ0n) is 10.1. The van der Waals surface area contributed by atoms with E-state index in [2.05, 4.69) is 17.2 Å². The van der Waals surface area contributed by atoms with Gasteiger partial charge in [-0.2, -0.15) is 0 Å². The zero-order valence-corrected chi connectivity index (χ0v) is 10.9. The van der Waals surface area contributed by atoms with Crippen LogP contribution < -0.4 is 5.32 Å². The molecule has 0 aromatic carbocycles. The van der Waals surface area contributed by atoms with Crippen LogP contribution in [0.5, 0.6) is 0 Å². The van der Waals surface area contributed by atoms with E-state index < -0.39 is 0 Å².